The van der Waals surface area contributed by atoms with E-state index < -0.39 is 0 Å². The average molecular weight is 377 g/mol. The maximum atomic E-state index is 11.9. The zero-order valence-corrected chi connectivity index (χ0v) is 15.9. The Bertz CT molecular complexity index is 821. The Morgan fingerprint density at radius 2 is 1.92 bits per heavy atom. The summed E-state index contributed by atoms with van der Waals surface area (Å²) in [5.74, 6) is 1.23. The van der Waals surface area contributed by atoms with Crippen molar-refractivity contribution in [1.82, 2.24) is 5.43 Å². The van der Waals surface area contributed by atoms with Gasteiger partial charge in [-0.3, -0.25) is 4.79 Å². The molecule has 0 aromatic heterocycles. The van der Waals surface area contributed by atoms with E-state index in [0.29, 0.717) is 27.8 Å². The minimum atomic E-state index is -0.367. The van der Waals surface area contributed by atoms with Crippen molar-refractivity contribution in [3.63, 3.8) is 0 Å². The van der Waals surface area contributed by atoms with Gasteiger partial charge in [0.2, 0.25) is 0 Å². The predicted molar refractivity (Wildman–Crippen MR) is 102 cm³/mol. The highest BCUT2D eigenvalue weighted by Gasteiger charge is 2.10. The van der Waals surface area contributed by atoms with Gasteiger partial charge in [-0.1, -0.05) is 23.7 Å². The van der Waals surface area contributed by atoms with Gasteiger partial charge in [-0.25, -0.2) is 5.43 Å². The van der Waals surface area contributed by atoms with Gasteiger partial charge in [-0.05, 0) is 48.7 Å². The van der Waals surface area contributed by atoms with Gasteiger partial charge in [-0.15, -0.1) is 0 Å². The first kappa shape index (κ1) is 19.6. The molecule has 0 aliphatic heterocycles. The molecule has 0 saturated heterocycles. The molecule has 0 fully saturated rings. The quantitative estimate of drug-likeness (QED) is 0.593. The van der Waals surface area contributed by atoms with Crippen molar-refractivity contribution in [1.29, 1.82) is 0 Å². The van der Waals surface area contributed by atoms with Crippen molar-refractivity contribution in [2.24, 2.45) is 5.10 Å². The molecule has 0 aliphatic carbocycles. The van der Waals surface area contributed by atoms with Crippen LogP contribution in [-0.2, 0) is 4.79 Å². The molecule has 0 bridgehead atoms. The van der Waals surface area contributed by atoms with E-state index in [2.05, 4.69) is 10.5 Å². The third-order valence-electron chi connectivity index (χ3n) is 3.56. The molecule has 2 aromatic carbocycles. The minimum Gasteiger partial charge on any atom is -0.493 e. The Morgan fingerprint density at radius 1 is 1.15 bits per heavy atom. The van der Waals surface area contributed by atoms with Crippen molar-refractivity contribution in [2.75, 3.05) is 20.8 Å². The summed E-state index contributed by atoms with van der Waals surface area (Å²) in [4.78, 5) is 11.9. The Hall–Kier alpha value is -2.73. The smallest absolute Gasteiger partial charge is 0.277 e. The number of carbonyl (C=O) groups excluding carboxylic acids is 1. The number of ether oxygens (including phenoxy) is 3. The van der Waals surface area contributed by atoms with E-state index in [4.69, 9.17) is 25.8 Å². The fourth-order valence-electron chi connectivity index (χ4n) is 2.23. The van der Waals surface area contributed by atoms with Crippen LogP contribution >= 0.6 is 11.6 Å². The molecule has 26 heavy (non-hydrogen) atoms. The van der Waals surface area contributed by atoms with Gasteiger partial charge in [0.05, 0.1) is 25.5 Å². The lowest BCUT2D eigenvalue weighted by Gasteiger charge is -2.10. The molecule has 1 N–H and O–H groups in total. The summed E-state index contributed by atoms with van der Waals surface area (Å²) in [6, 6.07) is 9.18. The molecule has 0 unspecified atom stereocenters. The number of nitrogens with one attached hydrogen (secondary N) is 1. The van der Waals surface area contributed by atoms with E-state index in [0.717, 1.165) is 11.1 Å². The first-order valence-electron chi connectivity index (χ1n) is 7.88. The monoisotopic (exact) mass is 376 g/mol. The standard InChI is InChI=1S/C19H21ClN2O4/c1-12-5-6-13(2)16(7-12)26-11-18(23)22-21-10-14-8-15(20)19(25-4)17(9-14)24-3/h5-10H,11H2,1-4H3,(H,22,23)/b21-10+. The molecule has 0 heterocycles. The second-order valence-electron chi connectivity index (χ2n) is 5.59. The van der Waals surface area contributed by atoms with Gasteiger partial charge in [0, 0.05) is 0 Å². The average Bonchev–Trinajstić information content (AvgIpc) is 2.62. The molecule has 0 radical (unpaired) electrons. The zero-order valence-electron chi connectivity index (χ0n) is 15.1. The van der Waals surface area contributed by atoms with Crippen LogP contribution in [0.2, 0.25) is 5.02 Å². The van der Waals surface area contributed by atoms with Crippen molar-refractivity contribution < 1.29 is 19.0 Å². The van der Waals surface area contributed by atoms with Crippen LogP contribution in [0.4, 0.5) is 0 Å². The van der Waals surface area contributed by atoms with E-state index in [9.17, 15) is 4.79 Å². The molecule has 138 valence electrons. The fourth-order valence-corrected chi connectivity index (χ4v) is 2.53. The van der Waals surface area contributed by atoms with Crippen LogP contribution in [0, 0.1) is 13.8 Å². The number of carbonyl (C=O) groups is 1. The summed E-state index contributed by atoms with van der Waals surface area (Å²) in [6.45, 7) is 3.75. The van der Waals surface area contributed by atoms with Gasteiger partial charge in [0.25, 0.3) is 5.91 Å². The molecule has 7 heteroatoms. The highest BCUT2D eigenvalue weighted by molar-refractivity contribution is 6.32. The van der Waals surface area contributed by atoms with Crippen LogP contribution < -0.4 is 19.6 Å². The molecule has 1 amide bonds. The summed E-state index contributed by atoms with van der Waals surface area (Å²) in [5, 5.41) is 4.29. The Morgan fingerprint density at radius 3 is 2.62 bits per heavy atom. The summed E-state index contributed by atoms with van der Waals surface area (Å²) in [6.07, 6.45) is 1.46. The number of hydrogen-bond acceptors (Lipinski definition) is 5. The first-order valence-corrected chi connectivity index (χ1v) is 8.26. The summed E-state index contributed by atoms with van der Waals surface area (Å²) in [5.41, 5.74) is 5.10. The second kappa shape index (κ2) is 9.10. The zero-order chi connectivity index (χ0) is 19.1. The van der Waals surface area contributed by atoms with Gasteiger partial charge in [0.15, 0.2) is 18.1 Å². The van der Waals surface area contributed by atoms with E-state index >= 15 is 0 Å². The lowest BCUT2D eigenvalue weighted by molar-refractivity contribution is -0.123. The van der Waals surface area contributed by atoms with E-state index in [1.807, 2.05) is 32.0 Å². The number of methoxy groups -OCH3 is 2. The summed E-state index contributed by atoms with van der Waals surface area (Å²) in [7, 11) is 3.02. The van der Waals surface area contributed by atoms with Crippen LogP contribution in [0.15, 0.2) is 35.4 Å². The fraction of sp³-hybridized carbons (Fsp3) is 0.263. The molecule has 2 rings (SSSR count). The molecule has 0 atom stereocenters. The maximum Gasteiger partial charge on any atom is 0.277 e. The number of hydrazone groups is 1. The van der Waals surface area contributed by atoms with Crippen molar-refractivity contribution in [3.8, 4) is 17.2 Å². The SMILES string of the molecule is COc1cc(/C=N/NC(=O)COc2cc(C)ccc2C)cc(Cl)c1OC. The van der Waals surface area contributed by atoms with E-state index in [1.54, 1.807) is 12.1 Å². The minimum absolute atomic E-state index is 0.131. The van der Waals surface area contributed by atoms with Gasteiger partial charge in [-0.2, -0.15) is 5.10 Å². The third kappa shape index (κ3) is 5.13. The van der Waals surface area contributed by atoms with Crippen molar-refractivity contribution >= 4 is 23.7 Å². The largest absolute Gasteiger partial charge is 0.493 e. The number of aryl methyl sites for hydroxylation is 2. The molecule has 6 nitrogen and oxygen atoms in total. The molecule has 0 saturated carbocycles. The number of benzene rings is 2. The van der Waals surface area contributed by atoms with Gasteiger partial charge >= 0.3 is 0 Å². The first-order chi connectivity index (χ1) is 12.4. The molecular weight excluding hydrogens is 356 g/mol. The number of amides is 1. The van der Waals surface area contributed by atoms with Crippen LogP contribution in [-0.4, -0.2) is 32.9 Å². The normalized spacial score (nSPS) is 10.7. The second-order valence-corrected chi connectivity index (χ2v) is 6.00. The molecule has 0 spiro atoms. The molecule has 2 aromatic rings. The Kier molecular flexibility index (Phi) is 6.86. The van der Waals surface area contributed by atoms with Crippen molar-refractivity contribution in [2.45, 2.75) is 13.8 Å². The molecular formula is C19H21ClN2O4. The molecule has 0 aliphatic rings. The highest BCUT2D eigenvalue weighted by atomic mass is 35.5. The van der Waals surface area contributed by atoms with Crippen LogP contribution in [0.25, 0.3) is 0 Å². The highest BCUT2D eigenvalue weighted by Crippen LogP contribution is 2.35. The topological polar surface area (TPSA) is 69.2 Å². The lowest BCUT2D eigenvalue weighted by Crippen LogP contribution is -2.24. The predicted octanol–water partition coefficient (Wildman–Crippen LogP) is 3.50. The van der Waals surface area contributed by atoms with Gasteiger partial charge in [0.1, 0.15) is 5.75 Å². The lowest BCUT2D eigenvalue weighted by atomic mass is 10.1. The summed E-state index contributed by atoms with van der Waals surface area (Å²) >= 11 is 6.13. The van der Waals surface area contributed by atoms with Crippen molar-refractivity contribution in [3.05, 3.63) is 52.0 Å². The number of halogens is 1. The number of rotatable bonds is 7. The summed E-state index contributed by atoms with van der Waals surface area (Å²) < 4.78 is 15.9. The van der Waals surface area contributed by atoms with Crippen LogP contribution in [0.5, 0.6) is 17.2 Å². The van der Waals surface area contributed by atoms with Crippen LogP contribution in [0.3, 0.4) is 0 Å². The maximum absolute atomic E-state index is 11.9. The third-order valence-corrected chi connectivity index (χ3v) is 3.84. The van der Waals surface area contributed by atoms with Crippen LogP contribution in [0.1, 0.15) is 16.7 Å². The Balaban J connectivity index is 1.94. The van der Waals surface area contributed by atoms with E-state index in [1.165, 1.54) is 20.4 Å². The van der Waals surface area contributed by atoms with Gasteiger partial charge < -0.3 is 14.2 Å². The number of nitrogens with zero attached hydrogens (tertiary/aromatic N) is 1. The Labute approximate surface area is 157 Å². The van der Waals surface area contributed by atoms with E-state index in [-0.39, 0.29) is 12.5 Å². The number of hydrogen-bond donors (Lipinski definition) is 1.